The molecule has 1 unspecified atom stereocenters. The molecule has 0 aliphatic rings. The van der Waals surface area contributed by atoms with Gasteiger partial charge in [-0.15, -0.1) is 23.1 Å². The lowest BCUT2D eigenvalue weighted by atomic mass is 10.1. The van der Waals surface area contributed by atoms with Crippen molar-refractivity contribution in [1.82, 2.24) is 4.98 Å². The second kappa shape index (κ2) is 11.2. The van der Waals surface area contributed by atoms with Crippen LogP contribution in [0.15, 0.2) is 83.1 Å². The minimum atomic E-state index is -0.332. The Hall–Kier alpha value is -3.62. The maximum atomic E-state index is 12.7. The molecule has 4 rings (SSSR count). The first kappa shape index (κ1) is 24.5. The van der Waals surface area contributed by atoms with E-state index in [4.69, 9.17) is 4.74 Å². The van der Waals surface area contributed by atoms with Crippen molar-refractivity contribution in [2.45, 2.75) is 24.0 Å². The van der Waals surface area contributed by atoms with Crippen LogP contribution >= 0.6 is 23.1 Å². The fourth-order valence-corrected chi connectivity index (χ4v) is 5.00. The van der Waals surface area contributed by atoms with Gasteiger partial charge in [0.1, 0.15) is 5.75 Å². The number of thioether (sulfide) groups is 1. The summed E-state index contributed by atoms with van der Waals surface area (Å²) in [6.45, 7) is 3.76. The standard InChI is InChI=1S/C27H25N3O3S2/c1-17-8-4-5-9-21(17)26(32)28-19-12-14-20(15-13-19)35-18(2)25(31)30-27-29-23(16-34-27)22-10-6-7-11-24(22)33-3/h4-16,18H,1-3H3,(H,28,32)(H,29,30,31). The summed E-state index contributed by atoms with van der Waals surface area (Å²) in [5.74, 6) is 0.457. The molecule has 0 bridgehead atoms. The predicted molar refractivity (Wildman–Crippen MR) is 144 cm³/mol. The summed E-state index contributed by atoms with van der Waals surface area (Å²) < 4.78 is 5.40. The summed E-state index contributed by atoms with van der Waals surface area (Å²) in [6.07, 6.45) is 0. The van der Waals surface area contributed by atoms with Crippen molar-refractivity contribution in [1.29, 1.82) is 0 Å². The Morgan fingerprint density at radius 2 is 1.69 bits per heavy atom. The van der Waals surface area contributed by atoms with Crippen molar-refractivity contribution in [3.05, 3.63) is 89.3 Å². The summed E-state index contributed by atoms with van der Waals surface area (Å²) in [5, 5.41) is 7.92. The van der Waals surface area contributed by atoms with Crippen molar-refractivity contribution in [3.63, 3.8) is 0 Å². The molecule has 0 saturated carbocycles. The predicted octanol–water partition coefficient (Wildman–Crippen LogP) is 6.50. The third-order valence-corrected chi connectivity index (χ3v) is 7.17. The van der Waals surface area contributed by atoms with Crippen LogP contribution in [0, 0.1) is 6.92 Å². The lowest BCUT2D eigenvalue weighted by Gasteiger charge is -2.12. The van der Waals surface area contributed by atoms with Gasteiger partial charge in [-0.3, -0.25) is 9.59 Å². The smallest absolute Gasteiger partial charge is 0.255 e. The number of amides is 2. The highest BCUT2D eigenvalue weighted by molar-refractivity contribution is 8.00. The highest BCUT2D eigenvalue weighted by Crippen LogP contribution is 2.32. The molecule has 1 atom stereocenters. The number of carbonyl (C=O) groups excluding carboxylic acids is 2. The van der Waals surface area contributed by atoms with E-state index in [0.29, 0.717) is 16.4 Å². The summed E-state index contributed by atoms with van der Waals surface area (Å²) in [6, 6.07) is 22.6. The number of para-hydroxylation sites is 1. The Bertz CT molecular complexity index is 1340. The van der Waals surface area contributed by atoms with Crippen LogP contribution < -0.4 is 15.4 Å². The normalized spacial score (nSPS) is 11.5. The van der Waals surface area contributed by atoms with Crippen molar-refractivity contribution >= 4 is 45.7 Å². The summed E-state index contributed by atoms with van der Waals surface area (Å²) in [5.41, 5.74) is 3.90. The lowest BCUT2D eigenvalue weighted by molar-refractivity contribution is -0.115. The number of ether oxygens (including phenoxy) is 1. The molecule has 35 heavy (non-hydrogen) atoms. The van der Waals surface area contributed by atoms with Crippen LogP contribution in [-0.2, 0) is 4.79 Å². The third kappa shape index (κ3) is 6.09. The highest BCUT2D eigenvalue weighted by Gasteiger charge is 2.17. The Kier molecular flexibility index (Phi) is 7.84. The number of hydrogen-bond acceptors (Lipinski definition) is 6. The van der Waals surface area contributed by atoms with Crippen LogP contribution in [0.2, 0.25) is 0 Å². The number of nitrogens with zero attached hydrogens (tertiary/aromatic N) is 1. The fourth-order valence-electron chi connectivity index (χ4n) is 3.42. The van der Waals surface area contributed by atoms with Crippen LogP contribution in [0.4, 0.5) is 10.8 Å². The number of thiazole rings is 1. The molecule has 6 nitrogen and oxygen atoms in total. The molecular formula is C27H25N3O3S2. The third-order valence-electron chi connectivity index (χ3n) is 5.30. The lowest BCUT2D eigenvalue weighted by Crippen LogP contribution is -2.22. The van der Waals surface area contributed by atoms with Crippen LogP contribution in [0.25, 0.3) is 11.3 Å². The molecule has 0 spiro atoms. The molecule has 2 N–H and O–H groups in total. The summed E-state index contributed by atoms with van der Waals surface area (Å²) in [4.78, 5) is 30.7. The van der Waals surface area contributed by atoms with Gasteiger partial charge in [0.2, 0.25) is 5.91 Å². The van der Waals surface area contributed by atoms with E-state index >= 15 is 0 Å². The van der Waals surface area contributed by atoms with E-state index in [0.717, 1.165) is 27.5 Å². The summed E-state index contributed by atoms with van der Waals surface area (Å²) in [7, 11) is 1.62. The molecule has 0 aliphatic carbocycles. The van der Waals surface area contributed by atoms with Gasteiger partial charge in [-0.05, 0) is 61.9 Å². The zero-order valence-corrected chi connectivity index (χ0v) is 21.2. The second-order valence-electron chi connectivity index (χ2n) is 7.78. The first-order chi connectivity index (χ1) is 16.9. The largest absolute Gasteiger partial charge is 0.496 e. The maximum absolute atomic E-state index is 12.7. The van der Waals surface area contributed by atoms with Crippen LogP contribution in [0.3, 0.4) is 0 Å². The van der Waals surface area contributed by atoms with Crippen LogP contribution in [0.1, 0.15) is 22.8 Å². The molecule has 0 radical (unpaired) electrons. The van der Waals surface area contributed by atoms with Gasteiger partial charge >= 0.3 is 0 Å². The number of aryl methyl sites for hydroxylation is 1. The minimum absolute atomic E-state index is 0.132. The van der Waals surface area contributed by atoms with E-state index in [-0.39, 0.29) is 17.1 Å². The second-order valence-corrected chi connectivity index (χ2v) is 10.1. The van der Waals surface area contributed by atoms with Gasteiger partial charge in [0.25, 0.3) is 5.91 Å². The van der Waals surface area contributed by atoms with Gasteiger partial charge in [-0.1, -0.05) is 30.3 Å². The number of benzene rings is 3. The zero-order chi connectivity index (χ0) is 24.8. The molecule has 0 fully saturated rings. The van der Waals surface area contributed by atoms with E-state index in [1.54, 1.807) is 13.2 Å². The molecular weight excluding hydrogens is 478 g/mol. The molecule has 0 saturated heterocycles. The number of nitrogens with one attached hydrogen (secondary N) is 2. The Labute approximate surface area is 212 Å². The number of hydrogen-bond donors (Lipinski definition) is 2. The summed E-state index contributed by atoms with van der Waals surface area (Å²) >= 11 is 2.81. The van der Waals surface area contributed by atoms with Crippen molar-refractivity contribution < 1.29 is 14.3 Å². The van der Waals surface area contributed by atoms with E-state index < -0.39 is 0 Å². The Balaban J connectivity index is 1.34. The molecule has 2 amide bonds. The molecule has 178 valence electrons. The fraction of sp³-hybridized carbons (Fsp3) is 0.148. The highest BCUT2D eigenvalue weighted by atomic mass is 32.2. The van der Waals surface area contributed by atoms with Crippen LogP contribution in [-0.4, -0.2) is 29.2 Å². The van der Waals surface area contributed by atoms with E-state index in [1.165, 1.54) is 23.1 Å². The molecule has 3 aromatic carbocycles. The Morgan fingerprint density at radius 3 is 2.43 bits per heavy atom. The van der Waals surface area contributed by atoms with Gasteiger partial charge in [0, 0.05) is 27.1 Å². The van der Waals surface area contributed by atoms with E-state index in [2.05, 4.69) is 15.6 Å². The molecule has 8 heteroatoms. The van der Waals surface area contributed by atoms with Gasteiger partial charge in [0.05, 0.1) is 18.1 Å². The van der Waals surface area contributed by atoms with Crippen LogP contribution in [0.5, 0.6) is 5.75 Å². The van der Waals surface area contributed by atoms with E-state index in [9.17, 15) is 9.59 Å². The molecule has 0 aliphatic heterocycles. The number of anilines is 2. The van der Waals surface area contributed by atoms with Gasteiger partial charge in [-0.25, -0.2) is 4.98 Å². The average molecular weight is 504 g/mol. The maximum Gasteiger partial charge on any atom is 0.255 e. The minimum Gasteiger partial charge on any atom is -0.496 e. The van der Waals surface area contributed by atoms with Gasteiger partial charge in [0.15, 0.2) is 5.13 Å². The number of rotatable bonds is 8. The van der Waals surface area contributed by atoms with Gasteiger partial charge < -0.3 is 15.4 Å². The average Bonchev–Trinajstić information content (AvgIpc) is 3.33. The van der Waals surface area contributed by atoms with Crippen molar-refractivity contribution in [2.75, 3.05) is 17.7 Å². The zero-order valence-electron chi connectivity index (χ0n) is 19.6. The van der Waals surface area contributed by atoms with E-state index in [1.807, 2.05) is 86.0 Å². The van der Waals surface area contributed by atoms with Gasteiger partial charge in [-0.2, -0.15) is 0 Å². The first-order valence-electron chi connectivity index (χ1n) is 11.0. The molecule has 1 heterocycles. The van der Waals surface area contributed by atoms with Crippen molar-refractivity contribution in [3.8, 4) is 17.0 Å². The molecule has 1 aromatic heterocycles. The SMILES string of the molecule is COc1ccccc1-c1csc(NC(=O)C(C)Sc2ccc(NC(=O)c3ccccc3C)cc2)n1. The molecule has 4 aromatic rings. The van der Waals surface area contributed by atoms with Crippen molar-refractivity contribution in [2.24, 2.45) is 0 Å². The number of methoxy groups -OCH3 is 1. The quantitative estimate of drug-likeness (QED) is 0.268. The first-order valence-corrected chi connectivity index (χ1v) is 12.7. The monoisotopic (exact) mass is 503 g/mol. The topological polar surface area (TPSA) is 80.3 Å². The Morgan fingerprint density at radius 1 is 0.971 bits per heavy atom. The number of carbonyl (C=O) groups is 2. The number of aromatic nitrogens is 1.